The van der Waals surface area contributed by atoms with Gasteiger partial charge in [-0.15, -0.1) is 0 Å². The fourth-order valence-corrected chi connectivity index (χ4v) is 2.02. The Morgan fingerprint density at radius 3 is 2.62 bits per heavy atom. The van der Waals surface area contributed by atoms with Crippen LogP contribution in [0.15, 0.2) is 35.6 Å². The molecule has 0 atom stereocenters. The maximum Gasteiger partial charge on any atom is 0.338 e. The Morgan fingerprint density at radius 1 is 1.25 bits per heavy atom. The van der Waals surface area contributed by atoms with Crippen molar-refractivity contribution in [2.75, 3.05) is 13.6 Å². The molecule has 1 heterocycles. The van der Waals surface area contributed by atoms with Gasteiger partial charge >= 0.3 is 5.97 Å². The van der Waals surface area contributed by atoms with Crippen molar-refractivity contribution in [3.63, 3.8) is 0 Å². The van der Waals surface area contributed by atoms with Crippen LogP contribution in [-0.4, -0.2) is 40.8 Å². The number of nitrogens with zero attached hydrogens (tertiary/aromatic N) is 4. The van der Waals surface area contributed by atoms with Crippen LogP contribution in [-0.2, 0) is 11.3 Å². The van der Waals surface area contributed by atoms with Crippen molar-refractivity contribution in [1.29, 1.82) is 0 Å². The molecule has 0 aliphatic heterocycles. The van der Waals surface area contributed by atoms with Gasteiger partial charge in [0.05, 0.1) is 17.6 Å². The SMILES string of the molecule is CCN(C)/C=N/c1ccc(C(=O)OCc2ncccn2)c(C)c1C. The van der Waals surface area contributed by atoms with Crippen molar-refractivity contribution in [2.24, 2.45) is 4.99 Å². The third-order valence-corrected chi connectivity index (χ3v) is 3.82. The standard InChI is InChI=1S/C18H22N4O2/c1-5-22(4)12-21-16-8-7-15(13(2)14(16)3)18(23)24-11-17-19-9-6-10-20-17/h6-10,12H,5,11H2,1-4H3/b21-12+. The molecule has 6 nitrogen and oxygen atoms in total. The van der Waals surface area contributed by atoms with Crippen molar-refractivity contribution in [3.8, 4) is 0 Å². The summed E-state index contributed by atoms with van der Waals surface area (Å²) in [6, 6.07) is 5.29. The number of carbonyl (C=O) groups is 1. The van der Waals surface area contributed by atoms with E-state index in [1.807, 2.05) is 31.9 Å². The van der Waals surface area contributed by atoms with Gasteiger partial charge in [0.1, 0.15) is 0 Å². The molecule has 6 heteroatoms. The molecular weight excluding hydrogens is 304 g/mol. The predicted molar refractivity (Wildman–Crippen MR) is 93.5 cm³/mol. The average Bonchev–Trinajstić information content (AvgIpc) is 2.61. The fourth-order valence-electron chi connectivity index (χ4n) is 2.02. The molecule has 0 aliphatic carbocycles. The third-order valence-electron chi connectivity index (χ3n) is 3.82. The van der Waals surface area contributed by atoms with Gasteiger partial charge in [-0.05, 0) is 50.1 Å². The summed E-state index contributed by atoms with van der Waals surface area (Å²) in [6.45, 7) is 6.84. The minimum Gasteiger partial charge on any atom is -0.454 e. The topological polar surface area (TPSA) is 67.7 Å². The molecule has 0 saturated carbocycles. The molecule has 126 valence electrons. The van der Waals surface area contributed by atoms with Crippen LogP contribution in [0.3, 0.4) is 0 Å². The lowest BCUT2D eigenvalue weighted by atomic mass is 10.0. The summed E-state index contributed by atoms with van der Waals surface area (Å²) in [4.78, 5) is 26.8. The van der Waals surface area contributed by atoms with Crippen molar-refractivity contribution in [2.45, 2.75) is 27.4 Å². The third kappa shape index (κ3) is 4.38. The quantitative estimate of drug-likeness (QED) is 0.464. The molecule has 0 saturated heterocycles. The minimum atomic E-state index is -0.385. The zero-order chi connectivity index (χ0) is 17.5. The maximum atomic E-state index is 12.3. The number of hydrogen-bond acceptors (Lipinski definition) is 5. The molecule has 0 unspecified atom stereocenters. The van der Waals surface area contributed by atoms with Crippen LogP contribution in [0.4, 0.5) is 5.69 Å². The molecule has 24 heavy (non-hydrogen) atoms. The Morgan fingerprint density at radius 2 is 1.96 bits per heavy atom. The highest BCUT2D eigenvalue weighted by atomic mass is 16.5. The molecule has 2 rings (SSSR count). The molecule has 0 bridgehead atoms. The molecule has 0 aliphatic rings. The van der Waals surface area contributed by atoms with E-state index in [0.717, 1.165) is 23.4 Å². The number of benzene rings is 1. The average molecular weight is 326 g/mol. The van der Waals surface area contributed by atoms with Gasteiger partial charge < -0.3 is 9.64 Å². The van der Waals surface area contributed by atoms with Gasteiger partial charge in [-0.1, -0.05) is 0 Å². The highest BCUT2D eigenvalue weighted by molar-refractivity contribution is 5.92. The summed E-state index contributed by atoms with van der Waals surface area (Å²) in [5.74, 6) is 0.0910. The van der Waals surface area contributed by atoms with Crippen LogP contribution in [0.25, 0.3) is 0 Å². The molecule has 1 aromatic heterocycles. The van der Waals surface area contributed by atoms with Crippen LogP contribution < -0.4 is 0 Å². The second kappa shape index (κ2) is 8.19. The summed E-state index contributed by atoms with van der Waals surface area (Å²) < 4.78 is 5.29. The lowest BCUT2D eigenvalue weighted by Crippen LogP contribution is -2.14. The largest absolute Gasteiger partial charge is 0.454 e. The highest BCUT2D eigenvalue weighted by Crippen LogP contribution is 2.25. The van der Waals surface area contributed by atoms with E-state index in [2.05, 4.69) is 21.9 Å². The number of carbonyl (C=O) groups excluding carboxylic acids is 1. The van der Waals surface area contributed by atoms with E-state index in [-0.39, 0.29) is 12.6 Å². The van der Waals surface area contributed by atoms with Crippen LogP contribution in [0.2, 0.25) is 0 Å². The smallest absolute Gasteiger partial charge is 0.338 e. The zero-order valence-corrected chi connectivity index (χ0v) is 14.5. The van der Waals surface area contributed by atoms with E-state index in [0.29, 0.717) is 11.4 Å². The molecule has 0 fully saturated rings. The molecule has 0 spiro atoms. The summed E-state index contributed by atoms with van der Waals surface area (Å²) in [5, 5.41) is 0. The Labute approximate surface area is 142 Å². The highest BCUT2D eigenvalue weighted by Gasteiger charge is 2.14. The predicted octanol–water partition coefficient (Wildman–Crippen LogP) is 3.06. The van der Waals surface area contributed by atoms with Crippen molar-refractivity contribution >= 4 is 18.0 Å². The fraction of sp³-hybridized carbons (Fsp3) is 0.333. The number of aromatic nitrogens is 2. The Balaban J connectivity index is 2.12. The second-order valence-corrected chi connectivity index (χ2v) is 5.44. The molecule has 0 radical (unpaired) electrons. The van der Waals surface area contributed by atoms with Crippen molar-refractivity contribution in [1.82, 2.24) is 14.9 Å². The minimum absolute atomic E-state index is 0.0549. The van der Waals surface area contributed by atoms with Crippen LogP contribution in [0.5, 0.6) is 0 Å². The lowest BCUT2D eigenvalue weighted by molar-refractivity contribution is 0.0461. The first-order chi connectivity index (χ1) is 11.5. The summed E-state index contributed by atoms with van der Waals surface area (Å²) in [6.07, 6.45) is 5.02. The van der Waals surface area contributed by atoms with Crippen LogP contribution >= 0.6 is 0 Å². The van der Waals surface area contributed by atoms with Crippen LogP contribution in [0.1, 0.15) is 34.2 Å². The van der Waals surface area contributed by atoms with Crippen molar-refractivity contribution in [3.05, 3.63) is 53.1 Å². The van der Waals surface area contributed by atoms with E-state index >= 15 is 0 Å². The van der Waals surface area contributed by atoms with Gasteiger partial charge in [0.25, 0.3) is 0 Å². The zero-order valence-electron chi connectivity index (χ0n) is 14.5. The molecule has 1 aromatic carbocycles. The summed E-state index contributed by atoms with van der Waals surface area (Å²) in [7, 11) is 1.96. The van der Waals surface area contributed by atoms with Gasteiger partial charge in [-0.2, -0.15) is 0 Å². The second-order valence-electron chi connectivity index (χ2n) is 5.44. The number of esters is 1. The first kappa shape index (κ1) is 17.6. The summed E-state index contributed by atoms with van der Waals surface area (Å²) in [5.41, 5.74) is 3.20. The van der Waals surface area contributed by atoms with Gasteiger partial charge in [0.15, 0.2) is 12.4 Å². The van der Waals surface area contributed by atoms with E-state index in [9.17, 15) is 4.79 Å². The van der Waals surface area contributed by atoms with E-state index in [4.69, 9.17) is 4.74 Å². The van der Waals surface area contributed by atoms with Gasteiger partial charge in [-0.3, -0.25) is 0 Å². The molecule has 2 aromatic rings. The van der Waals surface area contributed by atoms with Gasteiger partial charge in [0, 0.05) is 26.0 Å². The lowest BCUT2D eigenvalue weighted by Gasteiger charge is -2.12. The molecule has 0 N–H and O–H groups in total. The van der Waals surface area contributed by atoms with Gasteiger partial charge in [0.2, 0.25) is 0 Å². The first-order valence-corrected chi connectivity index (χ1v) is 7.80. The number of ether oxygens (including phenoxy) is 1. The summed E-state index contributed by atoms with van der Waals surface area (Å²) >= 11 is 0. The van der Waals surface area contributed by atoms with Crippen molar-refractivity contribution < 1.29 is 9.53 Å². The Hall–Kier alpha value is -2.76. The number of hydrogen-bond donors (Lipinski definition) is 0. The van der Waals surface area contributed by atoms with E-state index < -0.39 is 0 Å². The Bertz CT molecular complexity index is 729. The van der Waals surface area contributed by atoms with Crippen LogP contribution in [0, 0.1) is 13.8 Å². The van der Waals surface area contributed by atoms with E-state index in [1.165, 1.54) is 0 Å². The maximum absolute atomic E-state index is 12.3. The molecule has 0 amide bonds. The first-order valence-electron chi connectivity index (χ1n) is 7.80. The van der Waals surface area contributed by atoms with E-state index in [1.54, 1.807) is 30.9 Å². The normalized spacial score (nSPS) is 10.8. The number of aliphatic imine (C=N–C) groups is 1. The number of rotatable bonds is 6. The monoisotopic (exact) mass is 326 g/mol. The molecular formula is C18H22N4O2. The Kier molecular flexibility index (Phi) is 6.01. The van der Waals surface area contributed by atoms with Gasteiger partial charge in [-0.25, -0.2) is 19.8 Å².